The van der Waals surface area contributed by atoms with Gasteiger partial charge in [0.2, 0.25) is 0 Å². The van der Waals surface area contributed by atoms with E-state index < -0.39 is 0 Å². The van der Waals surface area contributed by atoms with Crippen LogP contribution in [0.4, 0.5) is 4.39 Å². The van der Waals surface area contributed by atoms with Crippen molar-refractivity contribution in [3.63, 3.8) is 0 Å². The zero-order valence-corrected chi connectivity index (χ0v) is 13.2. The van der Waals surface area contributed by atoms with E-state index in [2.05, 4.69) is 35.2 Å². The normalized spacial score (nSPS) is 14.5. The highest BCUT2D eigenvalue weighted by Gasteiger charge is 2.12. The zero-order valence-electron chi connectivity index (χ0n) is 10.7. The maximum Gasteiger partial charge on any atom is 0.124 e. The molecule has 0 aliphatic heterocycles. The van der Waals surface area contributed by atoms with Gasteiger partial charge in [0.25, 0.3) is 0 Å². The summed E-state index contributed by atoms with van der Waals surface area (Å²) in [6.07, 6.45) is 1.95. The highest BCUT2D eigenvalue weighted by atomic mass is 79.9. The Kier molecular flexibility index (Phi) is 7.22. The van der Waals surface area contributed by atoms with Crippen molar-refractivity contribution in [2.75, 3.05) is 5.75 Å². The first-order chi connectivity index (χ1) is 8.56. The van der Waals surface area contributed by atoms with Gasteiger partial charge >= 0.3 is 0 Å². The molecule has 0 aromatic heterocycles. The highest BCUT2D eigenvalue weighted by molar-refractivity contribution is 9.10. The van der Waals surface area contributed by atoms with Crippen LogP contribution in [0.1, 0.15) is 25.8 Å². The van der Waals surface area contributed by atoms with Gasteiger partial charge in [-0.15, -0.1) is 0 Å². The summed E-state index contributed by atoms with van der Waals surface area (Å²) in [5.74, 6) is 6.30. The van der Waals surface area contributed by atoms with Gasteiger partial charge in [0.15, 0.2) is 0 Å². The minimum Gasteiger partial charge on any atom is -0.271 e. The SMILES string of the molecule is CCC(C)SCC(Cc1ccc(F)cc1Br)NN. The number of nitrogens with one attached hydrogen (secondary N) is 1. The average Bonchev–Trinajstić information content (AvgIpc) is 2.36. The molecule has 0 bridgehead atoms. The van der Waals surface area contributed by atoms with Crippen LogP contribution in [0, 0.1) is 5.82 Å². The quantitative estimate of drug-likeness (QED) is 0.592. The van der Waals surface area contributed by atoms with Gasteiger partial charge in [-0.1, -0.05) is 35.8 Å². The second-order valence-electron chi connectivity index (χ2n) is 4.36. The van der Waals surface area contributed by atoms with Crippen LogP contribution in [0.5, 0.6) is 0 Å². The summed E-state index contributed by atoms with van der Waals surface area (Å²) in [4.78, 5) is 0. The molecular formula is C13H20BrFN2S. The molecular weight excluding hydrogens is 315 g/mol. The molecule has 18 heavy (non-hydrogen) atoms. The van der Waals surface area contributed by atoms with Crippen LogP contribution in [-0.4, -0.2) is 17.0 Å². The maximum atomic E-state index is 13.0. The summed E-state index contributed by atoms with van der Waals surface area (Å²) in [6, 6.07) is 4.98. The van der Waals surface area contributed by atoms with Crippen LogP contribution in [0.3, 0.4) is 0 Å². The molecule has 0 amide bonds. The number of hydrogen-bond donors (Lipinski definition) is 2. The largest absolute Gasteiger partial charge is 0.271 e. The van der Waals surface area contributed by atoms with Gasteiger partial charge in [0.1, 0.15) is 5.82 Å². The second-order valence-corrected chi connectivity index (χ2v) is 6.68. The van der Waals surface area contributed by atoms with Crippen molar-refractivity contribution in [2.45, 2.75) is 38.0 Å². The maximum absolute atomic E-state index is 13.0. The van der Waals surface area contributed by atoms with Gasteiger partial charge in [-0.05, 0) is 30.5 Å². The monoisotopic (exact) mass is 334 g/mol. The van der Waals surface area contributed by atoms with Crippen LogP contribution in [0.2, 0.25) is 0 Å². The molecule has 2 atom stereocenters. The van der Waals surface area contributed by atoms with Crippen LogP contribution >= 0.6 is 27.7 Å². The molecule has 0 aliphatic carbocycles. The smallest absolute Gasteiger partial charge is 0.124 e. The lowest BCUT2D eigenvalue weighted by atomic mass is 10.1. The van der Waals surface area contributed by atoms with Gasteiger partial charge in [-0.2, -0.15) is 11.8 Å². The Hall–Kier alpha value is -0.100. The van der Waals surface area contributed by atoms with E-state index in [0.29, 0.717) is 5.25 Å². The van der Waals surface area contributed by atoms with Gasteiger partial charge in [0, 0.05) is 21.5 Å². The number of hydrogen-bond acceptors (Lipinski definition) is 3. The first-order valence-electron chi connectivity index (χ1n) is 6.08. The molecule has 0 heterocycles. The average molecular weight is 335 g/mol. The number of rotatable bonds is 7. The molecule has 0 saturated carbocycles. The number of nitrogens with two attached hydrogens (primary N) is 1. The summed E-state index contributed by atoms with van der Waals surface area (Å²) >= 11 is 5.29. The van der Waals surface area contributed by atoms with Crippen LogP contribution in [-0.2, 0) is 6.42 Å². The molecule has 5 heteroatoms. The van der Waals surface area contributed by atoms with E-state index in [9.17, 15) is 4.39 Å². The first-order valence-corrected chi connectivity index (χ1v) is 7.92. The molecule has 102 valence electrons. The molecule has 3 N–H and O–H groups in total. The van der Waals surface area contributed by atoms with Gasteiger partial charge < -0.3 is 0 Å². The van der Waals surface area contributed by atoms with E-state index in [0.717, 1.165) is 28.6 Å². The first kappa shape index (κ1) is 16.0. The molecule has 1 rings (SSSR count). The van der Waals surface area contributed by atoms with Crippen LogP contribution in [0.25, 0.3) is 0 Å². The van der Waals surface area contributed by atoms with E-state index in [1.807, 2.05) is 11.8 Å². The number of thioether (sulfide) groups is 1. The molecule has 1 aromatic rings. The standard InChI is InChI=1S/C13H20BrFN2S/c1-3-9(2)18-8-12(17-16)6-10-4-5-11(15)7-13(10)14/h4-5,7,9,12,17H,3,6,8,16H2,1-2H3. The second kappa shape index (κ2) is 8.15. The third-order valence-electron chi connectivity index (χ3n) is 2.87. The Labute approximate surface area is 121 Å². The van der Waals surface area contributed by atoms with E-state index in [4.69, 9.17) is 5.84 Å². The van der Waals surface area contributed by atoms with Crippen LogP contribution < -0.4 is 11.3 Å². The van der Waals surface area contributed by atoms with Gasteiger partial charge in [-0.3, -0.25) is 11.3 Å². The molecule has 0 radical (unpaired) electrons. The minimum atomic E-state index is -0.225. The van der Waals surface area contributed by atoms with Crippen molar-refractivity contribution in [3.8, 4) is 0 Å². The highest BCUT2D eigenvalue weighted by Crippen LogP contribution is 2.21. The zero-order chi connectivity index (χ0) is 13.5. The fourth-order valence-corrected chi connectivity index (χ4v) is 3.04. The fraction of sp³-hybridized carbons (Fsp3) is 0.538. The van der Waals surface area contributed by atoms with Crippen LogP contribution in [0.15, 0.2) is 22.7 Å². The molecule has 0 saturated heterocycles. The van der Waals surface area contributed by atoms with E-state index in [1.165, 1.54) is 12.1 Å². The lowest BCUT2D eigenvalue weighted by Crippen LogP contribution is -2.39. The molecule has 0 aliphatic rings. The predicted molar refractivity (Wildman–Crippen MR) is 81.1 cm³/mol. The summed E-state index contributed by atoms with van der Waals surface area (Å²) < 4.78 is 13.8. The van der Waals surface area contributed by atoms with E-state index in [1.54, 1.807) is 6.07 Å². The third kappa shape index (κ3) is 5.26. The number of hydrazine groups is 1. The predicted octanol–water partition coefficient (Wildman–Crippen LogP) is 3.49. The molecule has 2 unspecified atom stereocenters. The van der Waals surface area contributed by atoms with E-state index >= 15 is 0 Å². The Morgan fingerprint density at radius 2 is 2.22 bits per heavy atom. The lowest BCUT2D eigenvalue weighted by Gasteiger charge is -2.18. The van der Waals surface area contributed by atoms with Crippen molar-refractivity contribution in [1.29, 1.82) is 0 Å². The van der Waals surface area contributed by atoms with Crippen molar-refractivity contribution >= 4 is 27.7 Å². The Balaban J connectivity index is 2.56. The number of halogens is 2. The summed E-state index contributed by atoms with van der Waals surface area (Å²) in [6.45, 7) is 4.39. The van der Waals surface area contributed by atoms with E-state index in [-0.39, 0.29) is 11.9 Å². The summed E-state index contributed by atoms with van der Waals surface area (Å²) in [5.41, 5.74) is 3.91. The molecule has 0 fully saturated rings. The van der Waals surface area contributed by atoms with Gasteiger partial charge in [-0.25, -0.2) is 4.39 Å². The Morgan fingerprint density at radius 3 is 2.78 bits per heavy atom. The van der Waals surface area contributed by atoms with Gasteiger partial charge in [0.05, 0.1) is 0 Å². The van der Waals surface area contributed by atoms with Crippen molar-refractivity contribution in [1.82, 2.24) is 5.43 Å². The fourth-order valence-electron chi connectivity index (χ4n) is 1.52. The molecule has 2 nitrogen and oxygen atoms in total. The third-order valence-corrected chi connectivity index (χ3v) is 5.11. The lowest BCUT2D eigenvalue weighted by molar-refractivity contribution is 0.571. The summed E-state index contributed by atoms with van der Waals surface area (Å²) in [5, 5.41) is 0.637. The number of benzene rings is 1. The van der Waals surface area contributed by atoms with Crippen molar-refractivity contribution in [3.05, 3.63) is 34.1 Å². The molecule has 1 aromatic carbocycles. The Morgan fingerprint density at radius 1 is 1.50 bits per heavy atom. The summed E-state index contributed by atoms with van der Waals surface area (Å²) in [7, 11) is 0. The topological polar surface area (TPSA) is 38.0 Å². The van der Waals surface area contributed by atoms with Crippen molar-refractivity contribution < 1.29 is 4.39 Å². The Bertz CT molecular complexity index is 376. The molecule has 0 spiro atoms. The van der Waals surface area contributed by atoms with Crippen molar-refractivity contribution in [2.24, 2.45) is 5.84 Å². The minimum absolute atomic E-state index is 0.200.